The Labute approximate surface area is 195 Å². The molecule has 0 radical (unpaired) electrons. The fraction of sp³-hybridized carbons (Fsp3) is 0.222. The molecule has 0 saturated heterocycles. The molecule has 0 bridgehead atoms. The molecular formula is C27H17N3O4. The topological polar surface area (TPSA) is 128 Å². The van der Waals surface area contributed by atoms with Crippen molar-refractivity contribution in [1.29, 1.82) is 15.8 Å². The van der Waals surface area contributed by atoms with Crippen LogP contribution in [0.5, 0.6) is 0 Å². The molecule has 0 spiro atoms. The summed E-state index contributed by atoms with van der Waals surface area (Å²) in [6.07, 6.45) is 4.24. The molecule has 0 fully saturated rings. The molecule has 2 heterocycles. The smallest absolute Gasteiger partial charge is 0.343 e. The van der Waals surface area contributed by atoms with Crippen LogP contribution in [-0.2, 0) is 16.0 Å². The largest absolute Gasteiger partial charge is 0.480 e. The summed E-state index contributed by atoms with van der Waals surface area (Å²) in [6.45, 7) is 3.39. The van der Waals surface area contributed by atoms with Crippen molar-refractivity contribution < 1.29 is 13.9 Å². The van der Waals surface area contributed by atoms with Crippen LogP contribution in [-0.4, -0.2) is 11.4 Å². The lowest BCUT2D eigenvalue weighted by Gasteiger charge is -2.20. The van der Waals surface area contributed by atoms with Crippen molar-refractivity contribution in [3.8, 4) is 30.0 Å². The number of fused-ring (bicyclic) bond motifs is 2. The first-order valence-corrected chi connectivity index (χ1v) is 10.5. The molecule has 0 atom stereocenters. The lowest BCUT2D eigenvalue weighted by atomic mass is 9.94. The number of carbonyl (C=O) groups excluding carboxylic acids is 1. The van der Waals surface area contributed by atoms with Gasteiger partial charge in [0.2, 0.25) is 0 Å². The second-order valence-electron chi connectivity index (χ2n) is 8.33. The molecule has 4 rings (SSSR count). The van der Waals surface area contributed by atoms with Crippen LogP contribution in [0, 0.1) is 45.8 Å². The van der Waals surface area contributed by atoms with Crippen molar-refractivity contribution in [2.45, 2.75) is 38.7 Å². The molecule has 0 N–H and O–H groups in total. The molecule has 34 heavy (non-hydrogen) atoms. The van der Waals surface area contributed by atoms with E-state index in [1.54, 1.807) is 50.3 Å². The normalized spacial score (nSPS) is 16.4. The van der Waals surface area contributed by atoms with Crippen molar-refractivity contribution in [1.82, 2.24) is 0 Å². The van der Waals surface area contributed by atoms with Gasteiger partial charge in [0.15, 0.2) is 11.3 Å². The van der Waals surface area contributed by atoms with E-state index in [2.05, 4.69) is 11.8 Å². The Morgan fingerprint density at radius 2 is 1.88 bits per heavy atom. The predicted molar refractivity (Wildman–Crippen MR) is 122 cm³/mol. The number of Topliss-reactive ketones (excluding diaryl/α,β-unsaturated/α-hetero) is 1. The van der Waals surface area contributed by atoms with E-state index >= 15 is 0 Å². The quantitative estimate of drug-likeness (QED) is 0.387. The molecule has 1 aliphatic heterocycles. The van der Waals surface area contributed by atoms with Gasteiger partial charge in [0.05, 0.1) is 5.56 Å². The summed E-state index contributed by atoms with van der Waals surface area (Å²) in [5.74, 6) is 6.03. The molecule has 1 aliphatic carbocycles. The standard InChI is InChI=1S/C27H17N3O4/c1-27(2)23(22(15-30)25(34-27)20(13-28)14-29)8-7-17-9-19-10-18-11-21(31)6-4-3-5-16(18)12-24(19)33-26(17)32/h7-10,12H,4,6,11H2,1-2H3/b8-7+. The van der Waals surface area contributed by atoms with E-state index in [-0.39, 0.29) is 34.7 Å². The lowest BCUT2D eigenvalue weighted by molar-refractivity contribution is -0.118. The first kappa shape index (κ1) is 22.3. The van der Waals surface area contributed by atoms with E-state index in [1.165, 1.54) is 6.08 Å². The Morgan fingerprint density at radius 1 is 1.12 bits per heavy atom. The molecule has 1 aromatic heterocycles. The van der Waals surface area contributed by atoms with Gasteiger partial charge in [0, 0.05) is 35.8 Å². The van der Waals surface area contributed by atoms with E-state index in [0.717, 1.165) is 5.56 Å². The van der Waals surface area contributed by atoms with E-state index in [1.807, 2.05) is 6.07 Å². The van der Waals surface area contributed by atoms with Crippen LogP contribution in [0.15, 0.2) is 56.0 Å². The average molecular weight is 447 g/mol. The third-order valence-corrected chi connectivity index (χ3v) is 5.62. The van der Waals surface area contributed by atoms with Gasteiger partial charge in [-0.15, -0.1) is 0 Å². The molecule has 2 aliphatic rings. The number of carbonyl (C=O) groups is 1. The second kappa shape index (κ2) is 8.59. The number of allylic oxidation sites excluding steroid dienone is 2. The van der Waals surface area contributed by atoms with Crippen molar-refractivity contribution in [2.24, 2.45) is 0 Å². The van der Waals surface area contributed by atoms with Crippen LogP contribution in [0.1, 0.15) is 43.4 Å². The molecule has 7 nitrogen and oxygen atoms in total. The Kier molecular flexibility index (Phi) is 5.65. The highest BCUT2D eigenvalue weighted by Gasteiger charge is 2.38. The minimum absolute atomic E-state index is 0.0583. The number of hydrogen-bond acceptors (Lipinski definition) is 7. The van der Waals surface area contributed by atoms with E-state index < -0.39 is 11.2 Å². The predicted octanol–water partition coefficient (Wildman–Crippen LogP) is 3.99. The van der Waals surface area contributed by atoms with Gasteiger partial charge in [-0.2, -0.15) is 15.8 Å². The molecule has 1 aromatic carbocycles. The number of hydrogen-bond donors (Lipinski definition) is 0. The Hall–Kier alpha value is -4.85. The first-order valence-electron chi connectivity index (χ1n) is 10.5. The zero-order chi connectivity index (χ0) is 24.5. The highest BCUT2D eigenvalue weighted by molar-refractivity contribution is 5.87. The summed E-state index contributed by atoms with van der Waals surface area (Å²) in [6, 6.07) is 10.6. The SMILES string of the molecule is CC1(C)OC(=C(C#N)C#N)C(C#N)=C1/C=C/c1cc2cc3c(cc2oc1=O)C#CCCC(=O)C3. The first-order chi connectivity index (χ1) is 16.3. The Balaban J connectivity index is 1.82. The highest BCUT2D eigenvalue weighted by Crippen LogP contribution is 2.40. The van der Waals surface area contributed by atoms with E-state index in [0.29, 0.717) is 34.9 Å². The maximum absolute atomic E-state index is 12.6. The van der Waals surface area contributed by atoms with Crippen LogP contribution >= 0.6 is 0 Å². The average Bonchev–Trinajstić information content (AvgIpc) is 3.04. The summed E-state index contributed by atoms with van der Waals surface area (Å²) >= 11 is 0. The lowest BCUT2D eigenvalue weighted by Crippen LogP contribution is -2.20. The van der Waals surface area contributed by atoms with E-state index in [4.69, 9.17) is 9.15 Å². The van der Waals surface area contributed by atoms with E-state index in [9.17, 15) is 25.4 Å². The highest BCUT2D eigenvalue weighted by atomic mass is 16.5. The van der Waals surface area contributed by atoms with Crippen molar-refractivity contribution in [3.63, 3.8) is 0 Å². The van der Waals surface area contributed by atoms with Crippen LogP contribution in [0.2, 0.25) is 0 Å². The monoisotopic (exact) mass is 447 g/mol. The van der Waals surface area contributed by atoms with Crippen molar-refractivity contribution in [3.05, 3.63) is 73.9 Å². The number of ether oxygens (including phenoxy) is 1. The zero-order valence-corrected chi connectivity index (χ0v) is 18.5. The number of benzene rings is 1. The summed E-state index contributed by atoms with van der Waals surface area (Å²) < 4.78 is 11.2. The minimum atomic E-state index is -0.998. The summed E-state index contributed by atoms with van der Waals surface area (Å²) in [4.78, 5) is 24.7. The van der Waals surface area contributed by atoms with Gasteiger partial charge >= 0.3 is 5.63 Å². The van der Waals surface area contributed by atoms with Gasteiger partial charge in [0.1, 0.15) is 40.7 Å². The molecule has 0 unspecified atom stereocenters. The summed E-state index contributed by atoms with van der Waals surface area (Å²) in [7, 11) is 0. The molecule has 2 aromatic rings. The Bertz CT molecular complexity index is 1580. The molecule has 164 valence electrons. The van der Waals surface area contributed by atoms with Crippen LogP contribution in [0.25, 0.3) is 17.0 Å². The fourth-order valence-electron chi connectivity index (χ4n) is 3.92. The van der Waals surface area contributed by atoms with Gasteiger partial charge in [-0.3, -0.25) is 4.79 Å². The number of ketones is 1. The van der Waals surface area contributed by atoms with Gasteiger partial charge < -0.3 is 9.15 Å². The van der Waals surface area contributed by atoms with Gasteiger partial charge in [-0.1, -0.05) is 17.9 Å². The van der Waals surface area contributed by atoms with Gasteiger partial charge in [-0.25, -0.2) is 4.79 Å². The van der Waals surface area contributed by atoms with Crippen molar-refractivity contribution >= 4 is 22.8 Å². The van der Waals surface area contributed by atoms with Gasteiger partial charge in [-0.05, 0) is 43.7 Å². The van der Waals surface area contributed by atoms with Gasteiger partial charge in [0.25, 0.3) is 0 Å². The molecular weight excluding hydrogens is 430 g/mol. The number of nitrogens with zero attached hydrogens (tertiary/aromatic N) is 3. The molecule has 7 heteroatoms. The fourth-order valence-corrected chi connectivity index (χ4v) is 3.92. The summed E-state index contributed by atoms with van der Waals surface area (Å²) in [5, 5.41) is 28.7. The minimum Gasteiger partial charge on any atom is -0.480 e. The summed E-state index contributed by atoms with van der Waals surface area (Å²) in [5.41, 5.74) is 0.648. The number of rotatable bonds is 2. The van der Waals surface area contributed by atoms with Crippen LogP contribution in [0.4, 0.5) is 0 Å². The van der Waals surface area contributed by atoms with Crippen LogP contribution in [0.3, 0.4) is 0 Å². The maximum Gasteiger partial charge on any atom is 0.343 e. The third kappa shape index (κ3) is 4.00. The molecule has 0 saturated carbocycles. The molecule has 0 amide bonds. The van der Waals surface area contributed by atoms with Crippen molar-refractivity contribution in [2.75, 3.05) is 0 Å². The second-order valence-corrected chi connectivity index (χ2v) is 8.33. The number of nitriles is 3. The van der Waals surface area contributed by atoms with Crippen LogP contribution < -0.4 is 5.63 Å². The Morgan fingerprint density at radius 3 is 2.59 bits per heavy atom. The maximum atomic E-state index is 12.6. The third-order valence-electron chi connectivity index (χ3n) is 5.62. The zero-order valence-electron chi connectivity index (χ0n) is 18.5.